The number of phenolic OH excluding ortho intramolecular Hbond substituents is 1. The van der Waals surface area contributed by atoms with Crippen molar-refractivity contribution in [1.29, 1.82) is 0 Å². The quantitative estimate of drug-likeness (QED) is 0.937. The molecule has 1 N–H and O–H groups in total. The van der Waals surface area contributed by atoms with E-state index in [1.54, 1.807) is 41.3 Å². The fraction of sp³-hybridized carbons (Fsp3) is 0.235. The maximum absolute atomic E-state index is 12.7. The number of amides is 1. The summed E-state index contributed by atoms with van der Waals surface area (Å²) in [5.41, 5.74) is 1.32. The molecule has 3 rings (SSSR count). The third kappa shape index (κ3) is 3.19. The van der Waals surface area contributed by atoms with E-state index in [0.717, 1.165) is 5.56 Å². The SMILES string of the molecule is COc1cc(CN2CCOc3ccc(Cl)cc3C2=O)ccc1O. The average Bonchev–Trinajstić information content (AvgIpc) is 2.69. The van der Waals surface area contributed by atoms with Crippen LogP contribution in [0.1, 0.15) is 15.9 Å². The summed E-state index contributed by atoms with van der Waals surface area (Å²) in [5, 5.41) is 10.2. The van der Waals surface area contributed by atoms with Crippen LogP contribution in [0.2, 0.25) is 5.02 Å². The van der Waals surface area contributed by atoms with Gasteiger partial charge in [0.2, 0.25) is 0 Å². The summed E-state index contributed by atoms with van der Waals surface area (Å²) < 4.78 is 10.7. The van der Waals surface area contributed by atoms with Gasteiger partial charge in [0.25, 0.3) is 5.91 Å². The van der Waals surface area contributed by atoms with Crippen molar-refractivity contribution in [2.24, 2.45) is 0 Å². The van der Waals surface area contributed by atoms with Gasteiger partial charge in [-0.05, 0) is 35.9 Å². The first kappa shape index (κ1) is 15.5. The molecule has 1 aliphatic heterocycles. The molecule has 0 saturated carbocycles. The van der Waals surface area contributed by atoms with Crippen LogP contribution < -0.4 is 9.47 Å². The van der Waals surface area contributed by atoms with Crippen molar-refractivity contribution in [3.05, 3.63) is 52.5 Å². The fourth-order valence-corrected chi connectivity index (χ4v) is 2.70. The predicted molar refractivity (Wildman–Crippen MR) is 86.3 cm³/mol. The molecule has 5 nitrogen and oxygen atoms in total. The van der Waals surface area contributed by atoms with Gasteiger partial charge in [0.05, 0.1) is 19.2 Å². The van der Waals surface area contributed by atoms with E-state index in [4.69, 9.17) is 21.1 Å². The summed E-state index contributed by atoms with van der Waals surface area (Å²) in [5.74, 6) is 0.862. The Hall–Kier alpha value is -2.40. The van der Waals surface area contributed by atoms with Gasteiger partial charge in [-0.25, -0.2) is 0 Å². The van der Waals surface area contributed by atoms with E-state index in [2.05, 4.69) is 0 Å². The number of carbonyl (C=O) groups excluding carboxylic acids is 1. The predicted octanol–water partition coefficient (Wildman–Crippen LogP) is 3.09. The zero-order chi connectivity index (χ0) is 16.4. The van der Waals surface area contributed by atoms with Crippen molar-refractivity contribution in [2.45, 2.75) is 6.54 Å². The lowest BCUT2D eigenvalue weighted by atomic mass is 10.1. The molecule has 0 radical (unpaired) electrons. The van der Waals surface area contributed by atoms with E-state index >= 15 is 0 Å². The van der Waals surface area contributed by atoms with Crippen LogP contribution in [-0.4, -0.2) is 36.2 Å². The monoisotopic (exact) mass is 333 g/mol. The van der Waals surface area contributed by atoms with Crippen LogP contribution in [0.4, 0.5) is 0 Å². The number of phenols is 1. The number of carbonyl (C=O) groups is 1. The second kappa shape index (κ2) is 6.38. The topological polar surface area (TPSA) is 59.0 Å². The summed E-state index contributed by atoms with van der Waals surface area (Å²) in [6, 6.07) is 10.1. The number of halogens is 1. The van der Waals surface area contributed by atoms with Crippen molar-refractivity contribution in [1.82, 2.24) is 4.90 Å². The van der Waals surface area contributed by atoms with Crippen LogP contribution in [0.3, 0.4) is 0 Å². The highest BCUT2D eigenvalue weighted by atomic mass is 35.5. The Labute approximate surface area is 139 Å². The van der Waals surface area contributed by atoms with Gasteiger partial charge in [-0.2, -0.15) is 0 Å². The molecule has 0 saturated heterocycles. The van der Waals surface area contributed by atoms with Gasteiger partial charge >= 0.3 is 0 Å². The minimum absolute atomic E-state index is 0.0684. The summed E-state index contributed by atoms with van der Waals surface area (Å²) >= 11 is 5.99. The van der Waals surface area contributed by atoms with Crippen LogP contribution in [0.25, 0.3) is 0 Å². The van der Waals surface area contributed by atoms with Crippen molar-refractivity contribution in [3.63, 3.8) is 0 Å². The third-order valence-corrected chi connectivity index (χ3v) is 3.93. The molecule has 2 aromatic carbocycles. The van der Waals surface area contributed by atoms with Crippen molar-refractivity contribution in [3.8, 4) is 17.2 Å². The molecule has 0 atom stereocenters. The minimum Gasteiger partial charge on any atom is -0.504 e. The molecule has 0 aromatic heterocycles. The second-order valence-corrected chi connectivity index (χ2v) is 5.66. The highest BCUT2D eigenvalue weighted by Crippen LogP contribution is 2.29. The fourth-order valence-electron chi connectivity index (χ4n) is 2.52. The van der Waals surface area contributed by atoms with Gasteiger partial charge in [-0.3, -0.25) is 4.79 Å². The number of methoxy groups -OCH3 is 1. The number of aromatic hydroxyl groups is 1. The maximum Gasteiger partial charge on any atom is 0.258 e. The first-order chi connectivity index (χ1) is 11.1. The van der Waals surface area contributed by atoms with E-state index < -0.39 is 0 Å². The number of benzene rings is 2. The molecule has 0 fully saturated rings. The van der Waals surface area contributed by atoms with Gasteiger partial charge in [0.1, 0.15) is 12.4 Å². The maximum atomic E-state index is 12.7. The Morgan fingerprint density at radius 2 is 2.13 bits per heavy atom. The normalized spacial score (nSPS) is 14.0. The average molecular weight is 334 g/mol. The summed E-state index contributed by atoms with van der Waals surface area (Å²) in [6.45, 7) is 1.27. The summed E-state index contributed by atoms with van der Waals surface area (Å²) in [4.78, 5) is 14.4. The zero-order valence-corrected chi connectivity index (χ0v) is 13.3. The lowest BCUT2D eigenvalue weighted by molar-refractivity contribution is 0.0743. The molecule has 23 heavy (non-hydrogen) atoms. The van der Waals surface area contributed by atoms with Crippen LogP contribution in [0.5, 0.6) is 17.2 Å². The van der Waals surface area contributed by atoms with Crippen molar-refractivity contribution < 1.29 is 19.4 Å². The summed E-state index contributed by atoms with van der Waals surface area (Å²) in [7, 11) is 1.49. The highest BCUT2D eigenvalue weighted by Gasteiger charge is 2.24. The van der Waals surface area contributed by atoms with Crippen molar-refractivity contribution >= 4 is 17.5 Å². The number of fused-ring (bicyclic) bond motifs is 1. The largest absolute Gasteiger partial charge is 0.504 e. The molecule has 0 bridgehead atoms. The van der Waals surface area contributed by atoms with Crippen LogP contribution in [0, 0.1) is 0 Å². The van der Waals surface area contributed by atoms with Gasteiger partial charge in [0, 0.05) is 11.6 Å². The minimum atomic E-state index is -0.132. The third-order valence-electron chi connectivity index (χ3n) is 3.70. The zero-order valence-electron chi connectivity index (χ0n) is 12.6. The molecule has 2 aromatic rings. The van der Waals surface area contributed by atoms with Gasteiger partial charge in [-0.1, -0.05) is 17.7 Å². The molecular weight excluding hydrogens is 318 g/mol. The van der Waals surface area contributed by atoms with Gasteiger partial charge < -0.3 is 19.5 Å². The number of hydrogen-bond acceptors (Lipinski definition) is 4. The molecule has 0 aliphatic carbocycles. The Balaban J connectivity index is 1.87. The lowest BCUT2D eigenvalue weighted by Gasteiger charge is -2.20. The Morgan fingerprint density at radius 3 is 2.91 bits per heavy atom. The molecule has 120 valence electrons. The van der Waals surface area contributed by atoms with Crippen LogP contribution in [-0.2, 0) is 6.54 Å². The van der Waals surface area contributed by atoms with Gasteiger partial charge in [-0.15, -0.1) is 0 Å². The number of rotatable bonds is 3. The molecule has 0 unspecified atom stereocenters. The van der Waals surface area contributed by atoms with E-state index in [1.165, 1.54) is 7.11 Å². The second-order valence-electron chi connectivity index (χ2n) is 5.22. The van der Waals surface area contributed by atoms with Crippen molar-refractivity contribution in [2.75, 3.05) is 20.3 Å². The van der Waals surface area contributed by atoms with Crippen LogP contribution in [0.15, 0.2) is 36.4 Å². The Bertz CT molecular complexity index is 747. The lowest BCUT2D eigenvalue weighted by Crippen LogP contribution is -2.31. The molecule has 6 heteroatoms. The molecule has 0 spiro atoms. The van der Waals surface area contributed by atoms with E-state index in [-0.39, 0.29) is 11.7 Å². The highest BCUT2D eigenvalue weighted by molar-refractivity contribution is 6.31. The molecule has 1 heterocycles. The number of nitrogens with zero attached hydrogens (tertiary/aromatic N) is 1. The smallest absolute Gasteiger partial charge is 0.258 e. The molecular formula is C17H16ClNO4. The molecule has 1 amide bonds. The summed E-state index contributed by atoms with van der Waals surface area (Å²) in [6.07, 6.45) is 0. The van der Waals surface area contributed by atoms with E-state index in [1.807, 2.05) is 0 Å². The Kier molecular flexibility index (Phi) is 4.30. The standard InChI is InChI=1S/C17H16ClNO4/c1-22-16-8-11(2-4-14(16)20)10-19-6-7-23-15-5-3-12(18)9-13(15)17(19)21/h2-5,8-9,20H,6-7,10H2,1H3. The molecule has 1 aliphatic rings. The number of ether oxygens (including phenoxy) is 2. The van der Waals surface area contributed by atoms with E-state index in [0.29, 0.717) is 41.8 Å². The Morgan fingerprint density at radius 1 is 1.30 bits per heavy atom. The first-order valence-corrected chi connectivity index (χ1v) is 7.54. The van der Waals surface area contributed by atoms with Crippen LogP contribution >= 0.6 is 11.6 Å². The number of hydrogen-bond donors (Lipinski definition) is 1. The first-order valence-electron chi connectivity index (χ1n) is 7.16. The van der Waals surface area contributed by atoms with E-state index in [9.17, 15) is 9.90 Å². The van der Waals surface area contributed by atoms with Gasteiger partial charge in [0.15, 0.2) is 11.5 Å².